The van der Waals surface area contributed by atoms with Crippen LogP contribution in [0.15, 0.2) is 23.3 Å². The third-order valence-corrected chi connectivity index (χ3v) is 8.00. The van der Waals surface area contributed by atoms with Crippen LogP contribution in [0.25, 0.3) is 0 Å². The second-order valence-corrected chi connectivity index (χ2v) is 8.56. The molecule has 0 heterocycles. The molecule has 134 valence electrons. The molecule has 6 fully saturated rings. The van der Waals surface area contributed by atoms with Crippen LogP contribution >= 0.6 is 0 Å². The fraction of sp³-hybridized carbons (Fsp3) is 0.714. The molecule has 0 amide bonds. The number of carbonyl (C=O) groups is 2. The molecule has 1 unspecified atom stereocenters. The van der Waals surface area contributed by atoms with Crippen molar-refractivity contribution in [2.24, 2.45) is 53.3 Å². The van der Waals surface area contributed by atoms with Crippen LogP contribution < -0.4 is 0 Å². The number of hydrogen-bond acceptors (Lipinski definition) is 4. The Morgan fingerprint density at radius 2 is 1.44 bits per heavy atom. The maximum Gasteiger partial charge on any atom is 0.334 e. The predicted octanol–water partition coefficient (Wildman–Crippen LogP) is 2.99. The van der Waals surface area contributed by atoms with E-state index in [4.69, 9.17) is 9.47 Å². The van der Waals surface area contributed by atoms with Crippen LogP contribution in [0, 0.1) is 53.3 Å². The second kappa shape index (κ2) is 4.99. The summed E-state index contributed by atoms with van der Waals surface area (Å²) in [5.41, 5.74) is 2.58. The number of fused-ring (bicyclic) bond motifs is 1. The molecule has 0 N–H and O–H groups in total. The van der Waals surface area contributed by atoms with Gasteiger partial charge in [-0.1, -0.05) is 12.2 Å². The summed E-state index contributed by atoms with van der Waals surface area (Å²) in [5.74, 6) is 4.05. The highest BCUT2D eigenvalue weighted by molar-refractivity contribution is 6.02. The van der Waals surface area contributed by atoms with E-state index in [-0.39, 0.29) is 23.8 Å². The number of rotatable bonds is 5. The Balaban J connectivity index is 1.63. The van der Waals surface area contributed by atoms with Gasteiger partial charge in [-0.3, -0.25) is 0 Å². The molecule has 0 aliphatic heterocycles. The first-order valence-electron chi connectivity index (χ1n) is 9.76. The number of esters is 2. The maximum atomic E-state index is 12.8. The minimum absolute atomic E-state index is 0.184. The summed E-state index contributed by atoms with van der Waals surface area (Å²) in [6, 6.07) is 0. The van der Waals surface area contributed by atoms with Crippen molar-refractivity contribution in [2.75, 3.05) is 13.2 Å². The van der Waals surface area contributed by atoms with E-state index in [0.29, 0.717) is 53.9 Å². The monoisotopic (exact) mass is 342 g/mol. The van der Waals surface area contributed by atoms with E-state index < -0.39 is 0 Å². The summed E-state index contributed by atoms with van der Waals surface area (Å²) in [6.45, 7) is 10.7. The molecule has 0 aromatic carbocycles. The molecule has 4 nitrogen and oxygen atoms in total. The Bertz CT molecular complexity index is 719. The van der Waals surface area contributed by atoms with Gasteiger partial charge in [0, 0.05) is 0 Å². The third-order valence-electron chi connectivity index (χ3n) is 8.00. The Kier molecular flexibility index (Phi) is 3.12. The van der Waals surface area contributed by atoms with Crippen LogP contribution in [0.4, 0.5) is 0 Å². The molecular formula is C21H26O4. The molecule has 0 aromatic rings. The van der Waals surface area contributed by atoms with E-state index in [2.05, 4.69) is 13.5 Å². The highest BCUT2D eigenvalue weighted by Crippen LogP contribution is 2.85. The zero-order chi connectivity index (χ0) is 17.6. The van der Waals surface area contributed by atoms with Gasteiger partial charge in [0.25, 0.3) is 0 Å². The lowest BCUT2D eigenvalue weighted by Gasteiger charge is -2.84. The molecule has 8 bridgehead atoms. The molecular weight excluding hydrogens is 316 g/mol. The molecule has 0 aromatic heterocycles. The first-order chi connectivity index (χ1) is 12.0. The van der Waals surface area contributed by atoms with Crippen molar-refractivity contribution in [3.63, 3.8) is 0 Å². The molecule has 8 rings (SSSR count). The minimum Gasteiger partial charge on any atom is -0.463 e. The van der Waals surface area contributed by atoms with Gasteiger partial charge < -0.3 is 9.47 Å². The Morgan fingerprint density at radius 1 is 0.920 bits per heavy atom. The minimum atomic E-state index is -0.283. The summed E-state index contributed by atoms with van der Waals surface area (Å²) in [7, 11) is 0. The lowest BCUT2D eigenvalue weighted by molar-refractivity contribution is -0.334. The van der Waals surface area contributed by atoms with Crippen molar-refractivity contribution in [3.05, 3.63) is 23.3 Å². The molecule has 25 heavy (non-hydrogen) atoms. The lowest BCUT2D eigenvalue weighted by atomic mass is 9.20. The first kappa shape index (κ1) is 15.7. The summed E-state index contributed by atoms with van der Waals surface area (Å²) >= 11 is 0. The topological polar surface area (TPSA) is 52.6 Å². The van der Waals surface area contributed by atoms with Gasteiger partial charge in [-0.15, -0.1) is 0 Å². The van der Waals surface area contributed by atoms with Crippen molar-refractivity contribution in [1.82, 2.24) is 0 Å². The van der Waals surface area contributed by atoms with Crippen molar-refractivity contribution in [2.45, 2.75) is 27.2 Å². The van der Waals surface area contributed by atoms with Crippen LogP contribution in [-0.2, 0) is 19.1 Å². The van der Waals surface area contributed by atoms with Gasteiger partial charge in [-0.2, -0.15) is 0 Å². The highest BCUT2D eigenvalue weighted by Gasteiger charge is 2.82. The Morgan fingerprint density at radius 3 is 1.96 bits per heavy atom. The van der Waals surface area contributed by atoms with E-state index in [9.17, 15) is 9.59 Å². The van der Waals surface area contributed by atoms with Gasteiger partial charge in [0.1, 0.15) is 0 Å². The molecule has 4 heteroatoms. The molecule has 0 saturated heterocycles. The molecule has 0 spiro atoms. The van der Waals surface area contributed by atoms with E-state index in [1.165, 1.54) is 12.0 Å². The summed E-state index contributed by atoms with van der Waals surface area (Å²) in [5, 5.41) is 0. The zero-order valence-corrected chi connectivity index (χ0v) is 15.2. The predicted molar refractivity (Wildman–Crippen MR) is 91.1 cm³/mol. The van der Waals surface area contributed by atoms with Gasteiger partial charge in [0.05, 0.1) is 24.4 Å². The van der Waals surface area contributed by atoms with Crippen LogP contribution in [0.1, 0.15) is 27.2 Å². The van der Waals surface area contributed by atoms with Crippen molar-refractivity contribution in [3.8, 4) is 0 Å². The number of carbonyl (C=O) groups excluding carboxylic acids is 2. The van der Waals surface area contributed by atoms with Gasteiger partial charge in [0.2, 0.25) is 0 Å². The van der Waals surface area contributed by atoms with Crippen molar-refractivity contribution in [1.29, 1.82) is 0 Å². The van der Waals surface area contributed by atoms with Crippen molar-refractivity contribution >= 4 is 11.9 Å². The summed E-state index contributed by atoms with van der Waals surface area (Å²) < 4.78 is 10.7. The third kappa shape index (κ3) is 1.60. The second-order valence-electron chi connectivity index (χ2n) is 8.56. The molecule has 8 aliphatic carbocycles. The molecule has 8 aliphatic rings. The largest absolute Gasteiger partial charge is 0.463 e. The molecule has 9 atom stereocenters. The van der Waals surface area contributed by atoms with Gasteiger partial charge in [-0.05, 0) is 80.5 Å². The Hall–Kier alpha value is -1.58. The standard InChI is InChI=1S/C21H26O4/c1-5-24-20(22)18-16-11-9(8(3)4)7-10-12-14(11)17(15(12)13(10)16)19(18)21(23)25-6-2/h9-17H,3,5-7H2,1-2,4H3/t9-,10+,11-,12+,13+,14?,15-,16+,17-/m0/s1. The van der Waals surface area contributed by atoms with Crippen LogP contribution in [0.5, 0.6) is 0 Å². The molecule has 0 radical (unpaired) electrons. The van der Waals surface area contributed by atoms with E-state index >= 15 is 0 Å². The SMILES string of the molecule is C=C(C)[C@@H]1C[C@@H]2[C@@H]3C4[C@H]1[C@H]1C(C(=O)OCC)=C(C(=O)OCC)[C@@H]4[C@@H]3[C@@H]21. The van der Waals surface area contributed by atoms with Gasteiger partial charge in [-0.25, -0.2) is 9.59 Å². The average Bonchev–Trinajstić information content (AvgIpc) is 2.55. The van der Waals surface area contributed by atoms with E-state index in [0.717, 1.165) is 11.8 Å². The number of ether oxygens (including phenoxy) is 2. The van der Waals surface area contributed by atoms with E-state index in [1.54, 1.807) is 0 Å². The lowest BCUT2D eigenvalue weighted by Crippen LogP contribution is -2.81. The van der Waals surface area contributed by atoms with E-state index in [1.807, 2.05) is 13.8 Å². The van der Waals surface area contributed by atoms with Gasteiger partial charge >= 0.3 is 11.9 Å². The summed E-state index contributed by atoms with van der Waals surface area (Å²) in [4.78, 5) is 25.5. The van der Waals surface area contributed by atoms with Crippen molar-refractivity contribution < 1.29 is 19.1 Å². The quantitative estimate of drug-likeness (QED) is 0.569. The first-order valence-corrected chi connectivity index (χ1v) is 9.76. The smallest absolute Gasteiger partial charge is 0.334 e. The average molecular weight is 342 g/mol. The van der Waals surface area contributed by atoms with Crippen LogP contribution in [-0.4, -0.2) is 25.2 Å². The normalized spacial score (nSPS) is 47.1. The summed E-state index contributed by atoms with van der Waals surface area (Å²) in [6.07, 6.45) is 1.23. The van der Waals surface area contributed by atoms with Crippen LogP contribution in [0.2, 0.25) is 0 Å². The zero-order valence-electron chi connectivity index (χ0n) is 15.2. The van der Waals surface area contributed by atoms with Gasteiger partial charge in [0.15, 0.2) is 0 Å². The maximum absolute atomic E-state index is 12.8. The van der Waals surface area contributed by atoms with Crippen LogP contribution in [0.3, 0.4) is 0 Å². The Labute approximate surface area is 148 Å². The fourth-order valence-corrected chi connectivity index (χ4v) is 7.66. The molecule has 6 saturated carbocycles. The highest BCUT2D eigenvalue weighted by atomic mass is 16.5. The fourth-order valence-electron chi connectivity index (χ4n) is 7.66. The number of allylic oxidation sites excluding steroid dienone is 1. The number of hydrogen-bond donors (Lipinski definition) is 0.